The SMILES string of the molecule is N#Cc1ccccc1OCc1ccc(C(=O)N2CCN(c3ncccc3C#N)CC2)o1. The number of hydrogen-bond donors (Lipinski definition) is 0. The Bertz CT molecular complexity index is 1170. The Balaban J connectivity index is 1.35. The van der Waals surface area contributed by atoms with Gasteiger partial charge in [0.15, 0.2) is 5.76 Å². The first kappa shape index (κ1) is 20.0. The van der Waals surface area contributed by atoms with Gasteiger partial charge >= 0.3 is 0 Å². The highest BCUT2D eigenvalue weighted by atomic mass is 16.5. The lowest BCUT2D eigenvalue weighted by molar-refractivity contribution is 0.0710. The molecule has 0 atom stereocenters. The van der Waals surface area contributed by atoms with E-state index in [1.165, 1.54) is 0 Å². The zero-order valence-corrected chi connectivity index (χ0v) is 16.7. The predicted molar refractivity (Wildman–Crippen MR) is 111 cm³/mol. The summed E-state index contributed by atoms with van der Waals surface area (Å²) in [5.41, 5.74) is 0.964. The van der Waals surface area contributed by atoms with Crippen LogP contribution in [0.15, 0.2) is 59.1 Å². The van der Waals surface area contributed by atoms with Crippen molar-refractivity contribution in [3.63, 3.8) is 0 Å². The zero-order chi connectivity index (χ0) is 21.6. The molecule has 3 aromatic rings. The largest absolute Gasteiger partial charge is 0.484 e. The van der Waals surface area contributed by atoms with Gasteiger partial charge in [0, 0.05) is 32.4 Å². The molecule has 0 N–H and O–H groups in total. The van der Waals surface area contributed by atoms with Crippen LogP contribution in [0.5, 0.6) is 5.75 Å². The van der Waals surface area contributed by atoms with E-state index in [1.54, 1.807) is 59.6 Å². The van der Waals surface area contributed by atoms with E-state index in [1.807, 2.05) is 4.90 Å². The summed E-state index contributed by atoms with van der Waals surface area (Å²) in [6.07, 6.45) is 1.66. The normalized spacial score (nSPS) is 13.4. The molecule has 1 saturated heterocycles. The number of nitriles is 2. The van der Waals surface area contributed by atoms with Crippen LogP contribution in [-0.2, 0) is 6.61 Å². The molecule has 0 radical (unpaired) electrons. The zero-order valence-electron chi connectivity index (χ0n) is 16.7. The molecule has 3 heterocycles. The summed E-state index contributed by atoms with van der Waals surface area (Å²) in [7, 11) is 0. The Kier molecular flexibility index (Phi) is 5.82. The van der Waals surface area contributed by atoms with Crippen LogP contribution in [-0.4, -0.2) is 42.0 Å². The first-order chi connectivity index (χ1) is 15.2. The third-order valence-electron chi connectivity index (χ3n) is 5.02. The third-order valence-corrected chi connectivity index (χ3v) is 5.02. The Labute approximate surface area is 179 Å². The van der Waals surface area contributed by atoms with Gasteiger partial charge in [0.1, 0.15) is 36.1 Å². The van der Waals surface area contributed by atoms with Crippen LogP contribution >= 0.6 is 0 Å². The number of anilines is 1. The maximum atomic E-state index is 12.8. The van der Waals surface area contributed by atoms with Crippen molar-refractivity contribution in [2.24, 2.45) is 0 Å². The minimum Gasteiger partial charge on any atom is -0.484 e. The van der Waals surface area contributed by atoms with E-state index in [2.05, 4.69) is 17.1 Å². The van der Waals surface area contributed by atoms with Gasteiger partial charge in [-0.05, 0) is 36.4 Å². The van der Waals surface area contributed by atoms with Crippen LogP contribution in [0.25, 0.3) is 0 Å². The molecule has 0 aliphatic carbocycles. The molecule has 1 aliphatic heterocycles. The molecule has 4 rings (SSSR count). The van der Waals surface area contributed by atoms with Crippen LogP contribution in [0, 0.1) is 22.7 Å². The molecule has 0 unspecified atom stereocenters. The van der Waals surface area contributed by atoms with Crippen molar-refractivity contribution < 1.29 is 13.9 Å². The summed E-state index contributed by atoms with van der Waals surface area (Å²) in [5.74, 6) is 1.67. The molecule has 154 valence electrons. The molecule has 1 amide bonds. The second-order valence-electron chi connectivity index (χ2n) is 6.93. The van der Waals surface area contributed by atoms with E-state index < -0.39 is 0 Å². The van der Waals surface area contributed by atoms with Crippen LogP contribution in [0.2, 0.25) is 0 Å². The average Bonchev–Trinajstić information content (AvgIpc) is 3.31. The summed E-state index contributed by atoms with van der Waals surface area (Å²) in [6, 6.07) is 18.0. The smallest absolute Gasteiger partial charge is 0.289 e. The monoisotopic (exact) mass is 413 g/mol. The first-order valence-electron chi connectivity index (χ1n) is 9.79. The lowest BCUT2D eigenvalue weighted by atomic mass is 10.2. The van der Waals surface area contributed by atoms with Crippen molar-refractivity contribution in [1.29, 1.82) is 10.5 Å². The number of furan rings is 1. The standard InChI is InChI=1S/C23H19N5O3/c24-14-17-4-1-2-6-20(17)30-16-19-7-8-21(31-19)23(29)28-12-10-27(11-13-28)22-18(15-25)5-3-9-26-22/h1-9H,10-13,16H2. The summed E-state index contributed by atoms with van der Waals surface area (Å²) >= 11 is 0. The molecular formula is C23H19N5O3. The molecule has 2 aromatic heterocycles. The molecule has 8 heteroatoms. The first-order valence-corrected chi connectivity index (χ1v) is 9.79. The molecular weight excluding hydrogens is 394 g/mol. The second-order valence-corrected chi connectivity index (χ2v) is 6.93. The Morgan fingerprint density at radius 1 is 1.00 bits per heavy atom. The van der Waals surface area contributed by atoms with E-state index in [4.69, 9.17) is 14.4 Å². The third kappa shape index (κ3) is 4.34. The summed E-state index contributed by atoms with van der Waals surface area (Å²) in [6.45, 7) is 2.29. The minimum atomic E-state index is -0.190. The molecule has 0 saturated carbocycles. The number of benzene rings is 1. The Morgan fingerprint density at radius 2 is 1.74 bits per heavy atom. The van der Waals surface area contributed by atoms with Crippen molar-refractivity contribution >= 4 is 11.7 Å². The average molecular weight is 413 g/mol. The van der Waals surface area contributed by atoms with Gasteiger partial charge in [-0.3, -0.25) is 4.79 Å². The van der Waals surface area contributed by atoms with Gasteiger partial charge in [-0.25, -0.2) is 4.98 Å². The number of ether oxygens (including phenoxy) is 1. The fraction of sp³-hybridized carbons (Fsp3) is 0.217. The summed E-state index contributed by atoms with van der Waals surface area (Å²) < 4.78 is 11.3. The fourth-order valence-electron chi connectivity index (χ4n) is 3.42. The molecule has 0 bridgehead atoms. The Morgan fingerprint density at radius 3 is 2.52 bits per heavy atom. The molecule has 0 spiro atoms. The van der Waals surface area contributed by atoms with Gasteiger partial charge in [-0.15, -0.1) is 0 Å². The van der Waals surface area contributed by atoms with E-state index >= 15 is 0 Å². The van der Waals surface area contributed by atoms with Crippen LogP contribution in [0.1, 0.15) is 27.4 Å². The number of piperazine rings is 1. The summed E-state index contributed by atoms with van der Waals surface area (Å²) in [5, 5.41) is 18.4. The predicted octanol–water partition coefficient (Wildman–Crippen LogP) is 2.96. The van der Waals surface area contributed by atoms with Crippen LogP contribution < -0.4 is 9.64 Å². The lowest BCUT2D eigenvalue weighted by Crippen LogP contribution is -2.49. The highest BCUT2D eigenvalue weighted by molar-refractivity contribution is 5.91. The number of aromatic nitrogens is 1. The van der Waals surface area contributed by atoms with Crippen molar-refractivity contribution in [1.82, 2.24) is 9.88 Å². The number of rotatable bonds is 5. The highest BCUT2D eigenvalue weighted by Crippen LogP contribution is 2.21. The highest BCUT2D eigenvalue weighted by Gasteiger charge is 2.26. The fourth-order valence-corrected chi connectivity index (χ4v) is 3.42. The number of carbonyl (C=O) groups excluding carboxylic acids is 1. The van der Waals surface area contributed by atoms with Crippen molar-refractivity contribution in [2.75, 3.05) is 31.1 Å². The van der Waals surface area contributed by atoms with Crippen LogP contribution in [0.4, 0.5) is 5.82 Å². The number of para-hydroxylation sites is 1. The quantitative estimate of drug-likeness (QED) is 0.633. The molecule has 1 aromatic carbocycles. The van der Waals surface area contributed by atoms with E-state index in [-0.39, 0.29) is 18.3 Å². The van der Waals surface area contributed by atoms with Gasteiger partial charge in [-0.1, -0.05) is 12.1 Å². The molecule has 31 heavy (non-hydrogen) atoms. The van der Waals surface area contributed by atoms with E-state index in [0.717, 1.165) is 0 Å². The van der Waals surface area contributed by atoms with Crippen molar-refractivity contribution in [3.8, 4) is 17.9 Å². The topological polar surface area (TPSA) is 106 Å². The Hall–Kier alpha value is -4.30. The van der Waals surface area contributed by atoms with Gasteiger partial charge in [0.25, 0.3) is 5.91 Å². The number of amides is 1. The van der Waals surface area contributed by atoms with Gasteiger partial charge in [0.05, 0.1) is 11.1 Å². The molecule has 1 aliphatic rings. The van der Waals surface area contributed by atoms with Gasteiger partial charge in [-0.2, -0.15) is 10.5 Å². The maximum absolute atomic E-state index is 12.8. The number of hydrogen-bond acceptors (Lipinski definition) is 7. The van der Waals surface area contributed by atoms with Crippen molar-refractivity contribution in [2.45, 2.75) is 6.61 Å². The van der Waals surface area contributed by atoms with Crippen molar-refractivity contribution in [3.05, 3.63) is 77.4 Å². The lowest BCUT2D eigenvalue weighted by Gasteiger charge is -2.35. The molecule has 8 nitrogen and oxygen atoms in total. The van der Waals surface area contributed by atoms with Gasteiger partial charge < -0.3 is 19.0 Å². The van der Waals surface area contributed by atoms with Gasteiger partial charge in [0.2, 0.25) is 0 Å². The van der Waals surface area contributed by atoms with E-state index in [9.17, 15) is 10.1 Å². The number of pyridine rings is 1. The van der Waals surface area contributed by atoms with Crippen LogP contribution in [0.3, 0.4) is 0 Å². The minimum absolute atomic E-state index is 0.121. The second kappa shape index (κ2) is 9.02. The number of carbonyl (C=O) groups is 1. The van der Waals surface area contributed by atoms with E-state index in [0.29, 0.717) is 54.6 Å². The summed E-state index contributed by atoms with van der Waals surface area (Å²) in [4.78, 5) is 20.9. The number of nitrogens with zero attached hydrogens (tertiary/aromatic N) is 5. The maximum Gasteiger partial charge on any atom is 0.289 e. The molecule has 1 fully saturated rings.